The number of carbonyl (C=O) groups is 2. The maximum Gasteiger partial charge on any atom is 0.371 e. The molecule has 0 radical (unpaired) electrons. The number of nitrogens with one attached hydrogen (secondary N) is 1. The molecule has 2 heterocycles. The fraction of sp³-hybridized carbons (Fsp3) is 0.200. The van der Waals surface area contributed by atoms with Gasteiger partial charge in [0.05, 0.1) is 6.54 Å². The van der Waals surface area contributed by atoms with Crippen LogP contribution in [0.4, 0.5) is 0 Å². The van der Waals surface area contributed by atoms with Crippen LogP contribution in [0, 0.1) is 0 Å². The molecule has 1 aliphatic rings. The Bertz CT molecular complexity index is 711. The second-order valence-electron chi connectivity index (χ2n) is 4.65. The van der Waals surface area contributed by atoms with Gasteiger partial charge in [-0.1, -0.05) is 12.1 Å². The number of hydrogen-bond acceptors (Lipinski definition) is 5. The minimum atomic E-state index is -1.14. The minimum Gasteiger partial charge on any atom is -0.479 e. The van der Waals surface area contributed by atoms with Gasteiger partial charge in [-0.25, -0.2) is 4.79 Å². The highest BCUT2D eigenvalue weighted by atomic mass is 32.2. The number of carboxylic acid groups (broad SMARTS) is 1. The van der Waals surface area contributed by atoms with Gasteiger partial charge in [-0.05, 0) is 24.3 Å². The molecule has 0 saturated heterocycles. The van der Waals surface area contributed by atoms with Crippen molar-refractivity contribution in [3.8, 4) is 5.75 Å². The topological polar surface area (TPSA) is 88.8 Å². The summed E-state index contributed by atoms with van der Waals surface area (Å²) in [6.07, 6.45) is -0.575. The Hall–Kier alpha value is -2.41. The highest BCUT2D eigenvalue weighted by Gasteiger charge is 2.26. The standard InChI is InChI=1S/C15H13NO5S/c17-14(16-7-9-5-6-11(20-9)15(18)19)12-8-22-13-4-2-1-3-10(13)21-12/h1-6,12H,7-8H2,(H,16,17)(H,18,19)/t12-/m1/s1. The van der Waals surface area contributed by atoms with E-state index < -0.39 is 12.1 Å². The summed E-state index contributed by atoms with van der Waals surface area (Å²) >= 11 is 1.57. The van der Waals surface area contributed by atoms with Crippen molar-refractivity contribution in [3.63, 3.8) is 0 Å². The molecule has 3 rings (SSSR count). The van der Waals surface area contributed by atoms with Crippen molar-refractivity contribution in [3.05, 3.63) is 47.9 Å². The number of para-hydroxylation sites is 1. The summed E-state index contributed by atoms with van der Waals surface area (Å²) in [6, 6.07) is 10.4. The van der Waals surface area contributed by atoms with Gasteiger partial charge in [-0.2, -0.15) is 0 Å². The molecular weight excluding hydrogens is 306 g/mol. The molecule has 0 fully saturated rings. The van der Waals surface area contributed by atoms with E-state index in [1.165, 1.54) is 12.1 Å². The van der Waals surface area contributed by atoms with Crippen molar-refractivity contribution >= 4 is 23.6 Å². The van der Waals surface area contributed by atoms with Crippen LogP contribution in [0.2, 0.25) is 0 Å². The van der Waals surface area contributed by atoms with E-state index in [9.17, 15) is 9.59 Å². The minimum absolute atomic E-state index is 0.123. The van der Waals surface area contributed by atoms with Crippen molar-refractivity contribution in [1.29, 1.82) is 0 Å². The molecular formula is C15H13NO5S. The summed E-state index contributed by atoms with van der Waals surface area (Å²) in [6.45, 7) is 0.123. The number of rotatable bonds is 4. The van der Waals surface area contributed by atoms with Gasteiger partial charge in [0.1, 0.15) is 11.5 Å². The van der Waals surface area contributed by atoms with Gasteiger partial charge in [0.25, 0.3) is 5.91 Å². The highest BCUT2D eigenvalue weighted by Crippen LogP contribution is 2.34. The third kappa shape index (κ3) is 3.09. The molecule has 1 aromatic heterocycles. The second-order valence-corrected chi connectivity index (χ2v) is 5.71. The van der Waals surface area contributed by atoms with E-state index in [1.807, 2.05) is 24.3 Å². The Labute approximate surface area is 130 Å². The number of ether oxygens (including phenoxy) is 1. The van der Waals surface area contributed by atoms with Crippen LogP contribution in [0.25, 0.3) is 0 Å². The predicted molar refractivity (Wildman–Crippen MR) is 79.1 cm³/mol. The number of fused-ring (bicyclic) bond motifs is 1. The first-order valence-electron chi connectivity index (χ1n) is 6.61. The van der Waals surface area contributed by atoms with E-state index in [1.54, 1.807) is 11.8 Å². The van der Waals surface area contributed by atoms with E-state index in [0.717, 1.165) is 4.90 Å². The van der Waals surface area contributed by atoms with E-state index in [-0.39, 0.29) is 18.2 Å². The lowest BCUT2D eigenvalue weighted by Gasteiger charge is -2.24. The molecule has 1 atom stereocenters. The lowest BCUT2D eigenvalue weighted by Crippen LogP contribution is -2.40. The van der Waals surface area contributed by atoms with Gasteiger partial charge in [0.15, 0.2) is 6.10 Å². The first kappa shape index (κ1) is 14.5. The molecule has 114 valence electrons. The van der Waals surface area contributed by atoms with Crippen LogP contribution < -0.4 is 10.1 Å². The number of carbonyl (C=O) groups excluding carboxylic acids is 1. The normalized spacial score (nSPS) is 16.5. The van der Waals surface area contributed by atoms with Crippen LogP contribution >= 0.6 is 11.8 Å². The summed E-state index contributed by atoms with van der Waals surface area (Å²) < 4.78 is 10.7. The van der Waals surface area contributed by atoms with Crippen molar-refractivity contribution in [2.45, 2.75) is 17.5 Å². The van der Waals surface area contributed by atoms with Gasteiger partial charge in [0.2, 0.25) is 5.76 Å². The smallest absolute Gasteiger partial charge is 0.371 e. The zero-order valence-corrected chi connectivity index (χ0v) is 12.3. The van der Waals surface area contributed by atoms with E-state index in [2.05, 4.69) is 5.32 Å². The number of aromatic carboxylic acids is 1. The summed E-state index contributed by atoms with van der Waals surface area (Å²) in [7, 11) is 0. The number of furan rings is 1. The Morgan fingerprint density at radius 3 is 2.86 bits per heavy atom. The zero-order valence-electron chi connectivity index (χ0n) is 11.4. The van der Waals surface area contributed by atoms with Gasteiger partial charge < -0.3 is 19.6 Å². The third-order valence-electron chi connectivity index (χ3n) is 3.11. The Balaban J connectivity index is 1.57. The molecule has 1 aromatic carbocycles. The molecule has 0 unspecified atom stereocenters. The maximum absolute atomic E-state index is 12.1. The monoisotopic (exact) mass is 319 g/mol. The second kappa shape index (κ2) is 6.15. The lowest BCUT2D eigenvalue weighted by atomic mass is 10.3. The molecule has 22 heavy (non-hydrogen) atoms. The summed E-state index contributed by atoms with van der Waals surface area (Å²) in [5.74, 6) is 0.0697. The maximum atomic E-state index is 12.1. The highest BCUT2D eigenvalue weighted by molar-refractivity contribution is 7.99. The van der Waals surface area contributed by atoms with Crippen LogP contribution in [0.5, 0.6) is 5.75 Å². The van der Waals surface area contributed by atoms with Gasteiger partial charge in [-0.15, -0.1) is 11.8 Å². The molecule has 2 N–H and O–H groups in total. The Kier molecular flexibility index (Phi) is 4.06. The van der Waals surface area contributed by atoms with Gasteiger partial charge in [-0.3, -0.25) is 4.79 Å². The number of hydrogen-bond donors (Lipinski definition) is 2. The fourth-order valence-electron chi connectivity index (χ4n) is 2.02. The largest absolute Gasteiger partial charge is 0.479 e. The SMILES string of the molecule is O=C(O)c1ccc(CNC(=O)[C@H]2CSc3ccccc3O2)o1. The number of thioether (sulfide) groups is 1. The first-order valence-corrected chi connectivity index (χ1v) is 7.60. The van der Waals surface area contributed by atoms with Crippen LogP contribution in [-0.2, 0) is 11.3 Å². The molecule has 1 amide bonds. The third-order valence-corrected chi connectivity index (χ3v) is 4.23. The lowest BCUT2D eigenvalue weighted by molar-refractivity contribution is -0.127. The average Bonchev–Trinajstić information content (AvgIpc) is 3.01. The summed E-state index contributed by atoms with van der Waals surface area (Å²) in [5, 5.41) is 11.5. The van der Waals surface area contributed by atoms with Crippen LogP contribution in [0.3, 0.4) is 0 Å². The van der Waals surface area contributed by atoms with E-state index in [4.69, 9.17) is 14.3 Å². The number of amides is 1. The van der Waals surface area contributed by atoms with Crippen molar-refractivity contribution in [2.24, 2.45) is 0 Å². The Morgan fingerprint density at radius 1 is 1.27 bits per heavy atom. The van der Waals surface area contributed by atoms with Crippen molar-refractivity contribution < 1.29 is 23.8 Å². The van der Waals surface area contributed by atoms with Gasteiger partial charge >= 0.3 is 5.97 Å². The molecule has 0 saturated carbocycles. The molecule has 1 aliphatic heterocycles. The average molecular weight is 319 g/mol. The molecule has 7 heteroatoms. The predicted octanol–water partition coefficient (Wildman–Crippen LogP) is 2.15. The summed E-state index contributed by atoms with van der Waals surface area (Å²) in [4.78, 5) is 23.8. The van der Waals surface area contributed by atoms with Crippen molar-refractivity contribution in [1.82, 2.24) is 5.32 Å². The van der Waals surface area contributed by atoms with E-state index in [0.29, 0.717) is 17.3 Å². The molecule has 6 nitrogen and oxygen atoms in total. The molecule has 0 spiro atoms. The molecule has 0 bridgehead atoms. The number of carboxylic acids is 1. The quantitative estimate of drug-likeness (QED) is 0.897. The summed E-state index contributed by atoms with van der Waals surface area (Å²) in [5.41, 5.74) is 0. The fourth-order valence-corrected chi connectivity index (χ4v) is 3.01. The van der Waals surface area contributed by atoms with E-state index >= 15 is 0 Å². The van der Waals surface area contributed by atoms with Crippen LogP contribution in [-0.4, -0.2) is 28.8 Å². The van der Waals surface area contributed by atoms with Crippen LogP contribution in [0.15, 0.2) is 45.7 Å². The molecule has 0 aliphatic carbocycles. The van der Waals surface area contributed by atoms with Crippen LogP contribution in [0.1, 0.15) is 16.3 Å². The number of benzene rings is 1. The zero-order chi connectivity index (χ0) is 15.5. The first-order chi connectivity index (χ1) is 10.6. The van der Waals surface area contributed by atoms with Gasteiger partial charge in [0, 0.05) is 10.6 Å². The Morgan fingerprint density at radius 2 is 2.09 bits per heavy atom. The van der Waals surface area contributed by atoms with Crippen molar-refractivity contribution in [2.75, 3.05) is 5.75 Å². The molecule has 2 aromatic rings.